The van der Waals surface area contributed by atoms with E-state index in [1.807, 2.05) is 6.20 Å². The van der Waals surface area contributed by atoms with Crippen LogP contribution in [0.4, 0.5) is 4.79 Å². The second-order valence-corrected chi connectivity index (χ2v) is 9.31. The first-order chi connectivity index (χ1) is 20.4. The van der Waals surface area contributed by atoms with Crippen LogP contribution in [-0.4, -0.2) is 132 Å². The molecular weight excluding hydrogens is 554 g/mol. The molecule has 0 spiro atoms. The zero-order valence-electron chi connectivity index (χ0n) is 25.0. The van der Waals surface area contributed by atoms with E-state index in [-0.39, 0.29) is 25.0 Å². The zero-order valence-corrected chi connectivity index (χ0v) is 25.0. The van der Waals surface area contributed by atoms with Crippen molar-refractivity contribution in [1.29, 1.82) is 0 Å². The van der Waals surface area contributed by atoms with Crippen LogP contribution in [0, 0.1) is 0 Å². The lowest BCUT2D eigenvalue weighted by molar-refractivity contribution is -0.131. The number of amides is 4. The van der Waals surface area contributed by atoms with Crippen LogP contribution < -0.4 is 21.7 Å². The average molecular weight is 604 g/mol. The van der Waals surface area contributed by atoms with Crippen molar-refractivity contribution in [2.45, 2.75) is 39.2 Å². The van der Waals surface area contributed by atoms with Crippen molar-refractivity contribution in [2.24, 2.45) is 5.73 Å². The molecule has 5 N–H and O–H groups in total. The molecule has 0 unspecified atom stereocenters. The van der Waals surface area contributed by atoms with Crippen LogP contribution in [-0.2, 0) is 44.6 Å². The SMILES string of the molecule is CC(C)c1cn(CCOCCOCCOCCOCCOCCNC(=O)COCC(=O)NCCCCNC(N)=O)nn1. The molecular formula is C26H49N7O9. The minimum Gasteiger partial charge on any atom is -0.377 e. The molecule has 1 aromatic rings. The highest BCUT2D eigenvalue weighted by atomic mass is 16.6. The van der Waals surface area contributed by atoms with E-state index in [1.165, 1.54) is 0 Å². The van der Waals surface area contributed by atoms with Crippen molar-refractivity contribution in [3.63, 3.8) is 0 Å². The minimum absolute atomic E-state index is 0.210. The van der Waals surface area contributed by atoms with Crippen LogP contribution in [0.2, 0.25) is 0 Å². The Labute approximate surface area is 247 Å². The number of urea groups is 1. The Bertz CT molecular complexity index is 843. The first-order valence-corrected chi connectivity index (χ1v) is 14.3. The molecule has 42 heavy (non-hydrogen) atoms. The second kappa shape index (κ2) is 25.8. The van der Waals surface area contributed by atoms with E-state index in [9.17, 15) is 14.4 Å². The fourth-order valence-corrected chi connectivity index (χ4v) is 3.12. The molecule has 1 rings (SSSR count). The summed E-state index contributed by atoms with van der Waals surface area (Å²) in [6.45, 7) is 10.2. The fourth-order valence-electron chi connectivity index (χ4n) is 3.12. The Morgan fingerprint density at radius 3 is 1.69 bits per heavy atom. The van der Waals surface area contributed by atoms with Gasteiger partial charge in [-0.2, -0.15) is 0 Å². The molecule has 0 atom stereocenters. The lowest BCUT2D eigenvalue weighted by atomic mass is 10.2. The molecule has 4 amide bonds. The van der Waals surface area contributed by atoms with Crippen LogP contribution in [0.15, 0.2) is 6.20 Å². The number of rotatable bonds is 28. The van der Waals surface area contributed by atoms with Gasteiger partial charge in [0.1, 0.15) is 13.2 Å². The number of hydrogen-bond donors (Lipinski definition) is 4. The van der Waals surface area contributed by atoms with Gasteiger partial charge in [-0.3, -0.25) is 9.59 Å². The maximum absolute atomic E-state index is 11.7. The van der Waals surface area contributed by atoms with Gasteiger partial charge >= 0.3 is 6.03 Å². The van der Waals surface area contributed by atoms with Crippen molar-refractivity contribution in [3.8, 4) is 0 Å². The maximum atomic E-state index is 11.7. The smallest absolute Gasteiger partial charge is 0.312 e. The van der Waals surface area contributed by atoms with Gasteiger partial charge in [0.25, 0.3) is 0 Å². The standard InChI is InChI=1S/C26H49N7O9/c1-22(2)23-19-33(32-31-23)8-10-38-12-14-40-16-18-41-17-15-39-13-11-37-9-7-29-25(35)21-42-20-24(34)28-5-3-4-6-30-26(27)36/h19,22H,3-18,20-21H2,1-2H3,(H,28,34)(H,29,35)(H3,27,30,36). The number of nitrogens with zero attached hydrogens (tertiary/aromatic N) is 3. The largest absolute Gasteiger partial charge is 0.377 e. The van der Waals surface area contributed by atoms with Gasteiger partial charge in [-0.25, -0.2) is 9.48 Å². The predicted octanol–water partition coefficient (Wildman–Crippen LogP) is -0.818. The molecule has 1 aromatic heterocycles. The molecule has 0 aliphatic carbocycles. The van der Waals surface area contributed by atoms with Crippen LogP contribution >= 0.6 is 0 Å². The summed E-state index contributed by atoms with van der Waals surface area (Å²) >= 11 is 0. The molecule has 0 saturated carbocycles. The number of carbonyl (C=O) groups excluding carboxylic acids is 3. The third-order valence-corrected chi connectivity index (χ3v) is 5.36. The summed E-state index contributed by atoms with van der Waals surface area (Å²) in [5.41, 5.74) is 5.93. The van der Waals surface area contributed by atoms with Gasteiger partial charge in [0.15, 0.2) is 0 Å². The van der Waals surface area contributed by atoms with Crippen LogP contribution in [0.5, 0.6) is 0 Å². The van der Waals surface area contributed by atoms with Gasteiger partial charge in [-0.1, -0.05) is 19.1 Å². The predicted molar refractivity (Wildman–Crippen MR) is 152 cm³/mol. The van der Waals surface area contributed by atoms with E-state index >= 15 is 0 Å². The highest BCUT2D eigenvalue weighted by Gasteiger charge is 2.06. The summed E-state index contributed by atoms with van der Waals surface area (Å²) in [6, 6.07) is -0.572. The number of aromatic nitrogens is 3. The quantitative estimate of drug-likeness (QED) is 0.0873. The van der Waals surface area contributed by atoms with Crippen molar-refractivity contribution < 1.29 is 42.8 Å². The molecule has 1 heterocycles. The lowest BCUT2D eigenvalue weighted by Crippen LogP contribution is -2.34. The van der Waals surface area contributed by atoms with E-state index in [0.717, 1.165) is 5.69 Å². The van der Waals surface area contributed by atoms with Gasteiger partial charge < -0.3 is 50.1 Å². The van der Waals surface area contributed by atoms with Crippen LogP contribution in [0.1, 0.15) is 38.3 Å². The molecule has 16 nitrogen and oxygen atoms in total. The van der Waals surface area contributed by atoms with Gasteiger partial charge in [0.2, 0.25) is 11.8 Å². The topological polar surface area (TPSA) is 199 Å². The third-order valence-electron chi connectivity index (χ3n) is 5.36. The van der Waals surface area contributed by atoms with Crippen LogP contribution in [0.3, 0.4) is 0 Å². The van der Waals surface area contributed by atoms with E-state index in [0.29, 0.717) is 111 Å². The monoisotopic (exact) mass is 603 g/mol. The summed E-state index contributed by atoms with van der Waals surface area (Å²) < 4.78 is 34.1. The zero-order chi connectivity index (χ0) is 30.7. The maximum Gasteiger partial charge on any atom is 0.312 e. The molecule has 0 bridgehead atoms. The number of unbranched alkanes of at least 4 members (excludes halogenated alkanes) is 1. The van der Waals surface area contributed by atoms with Crippen LogP contribution in [0.25, 0.3) is 0 Å². The number of nitrogens with one attached hydrogen (secondary N) is 3. The fraction of sp³-hybridized carbons (Fsp3) is 0.808. The van der Waals surface area contributed by atoms with E-state index in [2.05, 4.69) is 40.1 Å². The summed E-state index contributed by atoms with van der Waals surface area (Å²) in [5, 5.41) is 15.9. The van der Waals surface area contributed by atoms with E-state index in [1.54, 1.807) is 4.68 Å². The molecule has 0 fully saturated rings. The van der Waals surface area contributed by atoms with Crippen molar-refractivity contribution >= 4 is 17.8 Å². The van der Waals surface area contributed by atoms with E-state index < -0.39 is 6.03 Å². The summed E-state index contributed by atoms with van der Waals surface area (Å²) in [7, 11) is 0. The average Bonchev–Trinajstić information content (AvgIpc) is 3.43. The Balaban J connectivity index is 1.75. The van der Waals surface area contributed by atoms with Crippen molar-refractivity contribution in [3.05, 3.63) is 11.9 Å². The summed E-state index contributed by atoms with van der Waals surface area (Å²) in [4.78, 5) is 33.9. The highest BCUT2D eigenvalue weighted by Crippen LogP contribution is 2.08. The summed E-state index contributed by atoms with van der Waals surface area (Å²) in [6.07, 6.45) is 3.31. The molecule has 16 heteroatoms. The van der Waals surface area contributed by atoms with Crippen molar-refractivity contribution in [2.75, 3.05) is 98.9 Å². The lowest BCUT2D eigenvalue weighted by Gasteiger charge is -2.09. The molecule has 0 aliphatic rings. The second-order valence-electron chi connectivity index (χ2n) is 9.31. The van der Waals surface area contributed by atoms with Gasteiger partial charge in [-0.15, -0.1) is 5.10 Å². The molecule has 0 saturated heterocycles. The summed E-state index contributed by atoms with van der Waals surface area (Å²) in [5.74, 6) is -0.289. The molecule has 0 radical (unpaired) electrons. The van der Waals surface area contributed by atoms with E-state index in [4.69, 9.17) is 34.2 Å². The number of hydrogen-bond acceptors (Lipinski definition) is 11. The Morgan fingerprint density at radius 1 is 0.714 bits per heavy atom. The Morgan fingerprint density at radius 2 is 1.19 bits per heavy atom. The Kier molecular flexibility index (Phi) is 22.8. The van der Waals surface area contributed by atoms with Gasteiger partial charge in [0.05, 0.1) is 78.3 Å². The van der Waals surface area contributed by atoms with Gasteiger partial charge in [-0.05, 0) is 18.8 Å². The molecule has 0 aliphatic heterocycles. The third kappa shape index (κ3) is 22.8. The number of carbonyl (C=O) groups is 3. The molecule has 0 aromatic carbocycles. The Hall–Kier alpha value is -2.89. The number of primary amides is 1. The normalized spacial score (nSPS) is 11.1. The highest BCUT2D eigenvalue weighted by molar-refractivity contribution is 5.79. The first kappa shape index (κ1) is 37.1. The van der Waals surface area contributed by atoms with Gasteiger partial charge in [0, 0.05) is 25.8 Å². The number of ether oxygens (including phenoxy) is 6. The first-order valence-electron chi connectivity index (χ1n) is 14.3. The van der Waals surface area contributed by atoms with Crippen molar-refractivity contribution in [1.82, 2.24) is 30.9 Å². The number of nitrogens with two attached hydrogens (primary N) is 1. The molecule has 242 valence electrons. The minimum atomic E-state index is -0.572.